The molecule has 0 atom stereocenters. The minimum atomic E-state index is -0.944. The maximum Gasteiger partial charge on any atom is 0.335 e. The van der Waals surface area contributed by atoms with Gasteiger partial charge in [0.25, 0.3) is 0 Å². The van der Waals surface area contributed by atoms with Gasteiger partial charge >= 0.3 is 5.97 Å². The van der Waals surface area contributed by atoms with Crippen molar-refractivity contribution in [1.82, 2.24) is 10.3 Å². The van der Waals surface area contributed by atoms with Crippen LogP contribution in [0.3, 0.4) is 0 Å². The monoisotopic (exact) mass is 330 g/mol. The summed E-state index contributed by atoms with van der Waals surface area (Å²) in [7, 11) is 0. The maximum absolute atomic E-state index is 11.0. The summed E-state index contributed by atoms with van der Waals surface area (Å²) in [4.78, 5) is 16.7. The molecule has 5 nitrogen and oxygen atoms in total. The summed E-state index contributed by atoms with van der Waals surface area (Å²) in [5.74, 6) is -0.0957. The number of hydrogen-bond donors (Lipinski definition) is 2. The number of hydrogen-bond acceptors (Lipinski definition) is 5. The molecule has 0 radical (unpaired) electrons. The van der Waals surface area contributed by atoms with E-state index in [1.54, 1.807) is 29.5 Å². The number of aryl methyl sites for hydroxylation is 2. The number of nitrogens with one attached hydrogen (secondary N) is 1. The van der Waals surface area contributed by atoms with Crippen molar-refractivity contribution in [2.24, 2.45) is 0 Å². The number of furan rings is 1. The molecule has 2 N–H and O–H groups in total. The highest BCUT2D eigenvalue weighted by Gasteiger charge is 2.09. The van der Waals surface area contributed by atoms with Crippen molar-refractivity contribution >= 4 is 28.3 Å². The van der Waals surface area contributed by atoms with Crippen LogP contribution in [0, 0.1) is 13.8 Å². The Morgan fingerprint density at radius 2 is 2.17 bits per heavy atom. The fourth-order valence-electron chi connectivity index (χ4n) is 2.50. The highest BCUT2D eigenvalue weighted by atomic mass is 32.1. The van der Waals surface area contributed by atoms with Crippen molar-refractivity contribution < 1.29 is 14.3 Å². The zero-order valence-corrected chi connectivity index (χ0v) is 13.9. The second kappa shape index (κ2) is 6.52. The molecule has 2 heterocycles. The van der Waals surface area contributed by atoms with Crippen LogP contribution in [-0.4, -0.2) is 22.6 Å². The lowest BCUT2D eigenvalue weighted by Crippen LogP contribution is -2.17. The van der Waals surface area contributed by atoms with Gasteiger partial charge in [0.15, 0.2) is 0 Å². The van der Waals surface area contributed by atoms with Crippen LogP contribution >= 0.6 is 11.3 Å². The van der Waals surface area contributed by atoms with Crippen molar-refractivity contribution in [3.63, 3.8) is 0 Å². The number of carboxylic acid groups (broad SMARTS) is 1. The van der Waals surface area contributed by atoms with Crippen LogP contribution in [0.25, 0.3) is 11.0 Å². The second-order valence-electron chi connectivity index (χ2n) is 5.43. The van der Waals surface area contributed by atoms with Crippen molar-refractivity contribution in [2.75, 3.05) is 6.54 Å². The van der Waals surface area contributed by atoms with E-state index in [0.717, 1.165) is 41.4 Å². The van der Waals surface area contributed by atoms with E-state index in [1.165, 1.54) is 4.88 Å². The van der Waals surface area contributed by atoms with Gasteiger partial charge in [0.05, 0.1) is 16.3 Å². The zero-order valence-electron chi connectivity index (χ0n) is 13.0. The van der Waals surface area contributed by atoms with Gasteiger partial charge in [0.2, 0.25) is 0 Å². The SMILES string of the molecule is Cc1nc(CNCCc2cc3ccc(C(=O)O)cc3o2)c(C)s1. The van der Waals surface area contributed by atoms with Gasteiger partial charge in [0, 0.05) is 29.8 Å². The molecule has 3 rings (SSSR count). The standard InChI is InChI=1S/C17H18N2O3S/c1-10-15(19-11(2)23-10)9-18-6-5-14-7-12-3-4-13(17(20)21)8-16(12)22-14/h3-4,7-8,18H,5-6,9H2,1-2H3,(H,20,21). The molecule has 0 fully saturated rings. The lowest BCUT2D eigenvalue weighted by atomic mass is 10.1. The van der Waals surface area contributed by atoms with E-state index in [4.69, 9.17) is 9.52 Å². The number of rotatable bonds is 6. The zero-order chi connectivity index (χ0) is 16.4. The first-order chi connectivity index (χ1) is 11.0. The molecule has 2 aromatic heterocycles. The third-order valence-corrected chi connectivity index (χ3v) is 4.59. The Balaban J connectivity index is 1.59. The van der Waals surface area contributed by atoms with Gasteiger partial charge < -0.3 is 14.8 Å². The van der Waals surface area contributed by atoms with Gasteiger partial charge in [-0.15, -0.1) is 11.3 Å². The van der Waals surface area contributed by atoms with Gasteiger partial charge in [0.1, 0.15) is 11.3 Å². The Morgan fingerprint density at radius 3 is 2.87 bits per heavy atom. The van der Waals surface area contributed by atoms with Crippen LogP contribution in [-0.2, 0) is 13.0 Å². The summed E-state index contributed by atoms with van der Waals surface area (Å²) in [5, 5.41) is 14.4. The largest absolute Gasteiger partial charge is 0.478 e. The molecule has 0 saturated carbocycles. The number of thiazole rings is 1. The van der Waals surface area contributed by atoms with Crippen molar-refractivity contribution in [3.05, 3.63) is 51.2 Å². The average molecular weight is 330 g/mol. The van der Waals surface area contributed by atoms with E-state index >= 15 is 0 Å². The van der Waals surface area contributed by atoms with Crippen molar-refractivity contribution in [2.45, 2.75) is 26.8 Å². The van der Waals surface area contributed by atoms with Crippen molar-refractivity contribution in [3.8, 4) is 0 Å². The van der Waals surface area contributed by atoms with Crippen molar-refractivity contribution in [1.29, 1.82) is 0 Å². The first-order valence-corrected chi connectivity index (χ1v) is 8.24. The third kappa shape index (κ3) is 3.60. The lowest BCUT2D eigenvalue weighted by molar-refractivity contribution is 0.0697. The summed E-state index contributed by atoms with van der Waals surface area (Å²) >= 11 is 1.71. The van der Waals surface area contributed by atoms with Crippen LogP contribution in [0.2, 0.25) is 0 Å². The first kappa shape index (κ1) is 15.7. The quantitative estimate of drug-likeness (QED) is 0.676. The number of carboxylic acids is 1. The molecule has 0 aliphatic carbocycles. The van der Waals surface area contributed by atoms with E-state index in [2.05, 4.69) is 17.2 Å². The normalized spacial score (nSPS) is 11.2. The molecule has 0 aliphatic heterocycles. The average Bonchev–Trinajstić information content (AvgIpc) is 3.05. The number of fused-ring (bicyclic) bond motifs is 1. The molecule has 0 unspecified atom stereocenters. The number of aromatic nitrogens is 1. The lowest BCUT2D eigenvalue weighted by Gasteiger charge is -2.01. The Kier molecular flexibility index (Phi) is 4.45. The van der Waals surface area contributed by atoms with E-state index in [-0.39, 0.29) is 5.56 Å². The molecule has 3 aromatic rings. The minimum absolute atomic E-state index is 0.242. The predicted octanol–water partition coefficient (Wildman–Crippen LogP) is 3.54. The van der Waals surface area contributed by atoms with Crippen LogP contribution in [0.5, 0.6) is 0 Å². The van der Waals surface area contributed by atoms with Gasteiger partial charge in [-0.05, 0) is 32.0 Å². The van der Waals surface area contributed by atoms with E-state index < -0.39 is 5.97 Å². The maximum atomic E-state index is 11.0. The molecule has 0 spiro atoms. The highest BCUT2D eigenvalue weighted by Crippen LogP contribution is 2.21. The second-order valence-corrected chi connectivity index (χ2v) is 6.84. The van der Waals surface area contributed by atoms with Gasteiger partial charge in [-0.25, -0.2) is 9.78 Å². The molecular formula is C17H18N2O3S. The molecule has 0 aliphatic rings. The smallest absolute Gasteiger partial charge is 0.335 e. The number of aromatic carboxylic acids is 1. The molecular weight excluding hydrogens is 312 g/mol. The topological polar surface area (TPSA) is 75.4 Å². The Labute approximate surface area is 138 Å². The van der Waals surface area contributed by atoms with E-state index in [1.807, 2.05) is 13.0 Å². The minimum Gasteiger partial charge on any atom is -0.478 e. The fraction of sp³-hybridized carbons (Fsp3) is 0.294. The molecule has 6 heteroatoms. The molecule has 23 heavy (non-hydrogen) atoms. The van der Waals surface area contributed by atoms with Crippen LogP contribution in [0.1, 0.15) is 31.7 Å². The summed E-state index contributed by atoms with van der Waals surface area (Å²) < 4.78 is 5.72. The summed E-state index contributed by atoms with van der Waals surface area (Å²) in [6.45, 7) is 5.63. The van der Waals surface area contributed by atoms with Gasteiger partial charge in [-0.3, -0.25) is 0 Å². The summed E-state index contributed by atoms with van der Waals surface area (Å²) in [6.07, 6.45) is 0.749. The highest BCUT2D eigenvalue weighted by molar-refractivity contribution is 7.11. The van der Waals surface area contributed by atoms with Crippen LogP contribution < -0.4 is 5.32 Å². The third-order valence-electron chi connectivity index (χ3n) is 3.66. The Bertz CT molecular complexity index is 851. The first-order valence-electron chi connectivity index (χ1n) is 7.42. The molecule has 120 valence electrons. The molecule has 0 amide bonds. The van der Waals surface area contributed by atoms with Gasteiger partial charge in [-0.1, -0.05) is 6.07 Å². The number of nitrogens with zero attached hydrogens (tertiary/aromatic N) is 1. The van der Waals surface area contributed by atoms with Crippen LogP contribution in [0.15, 0.2) is 28.7 Å². The molecule has 0 saturated heterocycles. The van der Waals surface area contributed by atoms with E-state index in [9.17, 15) is 4.79 Å². The number of benzene rings is 1. The summed E-state index contributed by atoms with van der Waals surface area (Å²) in [5.41, 5.74) is 1.96. The molecule has 1 aromatic carbocycles. The fourth-order valence-corrected chi connectivity index (χ4v) is 3.33. The summed E-state index contributed by atoms with van der Waals surface area (Å²) in [6, 6.07) is 6.90. The predicted molar refractivity (Wildman–Crippen MR) is 90.2 cm³/mol. The number of carbonyl (C=O) groups is 1. The van der Waals surface area contributed by atoms with Crippen LogP contribution in [0.4, 0.5) is 0 Å². The Hall–Kier alpha value is -2.18. The molecule has 0 bridgehead atoms. The van der Waals surface area contributed by atoms with E-state index in [0.29, 0.717) is 5.58 Å². The Morgan fingerprint density at radius 1 is 1.35 bits per heavy atom. The van der Waals surface area contributed by atoms with Gasteiger partial charge in [-0.2, -0.15) is 0 Å².